The molecule has 0 radical (unpaired) electrons. The number of hydrogen-bond donors (Lipinski definition) is 1. The molecular weight excluding hydrogens is 218 g/mol. The van der Waals surface area contributed by atoms with Gasteiger partial charge in [-0.1, -0.05) is 0 Å². The maximum absolute atomic E-state index is 4.46. The second kappa shape index (κ2) is 5.25. The van der Waals surface area contributed by atoms with Gasteiger partial charge in [-0.3, -0.25) is 4.90 Å². The minimum Gasteiger partial charge on any atom is -0.313 e. The normalized spacial score (nSPS) is 16.0. The summed E-state index contributed by atoms with van der Waals surface area (Å²) in [6.45, 7) is 7.44. The van der Waals surface area contributed by atoms with Crippen molar-refractivity contribution in [2.75, 3.05) is 20.1 Å². The first-order chi connectivity index (χ1) is 7.65. The van der Waals surface area contributed by atoms with Crippen molar-refractivity contribution in [3.05, 3.63) is 15.6 Å². The second-order valence-electron chi connectivity index (χ2n) is 4.71. The molecule has 3 nitrogen and oxygen atoms in total. The molecule has 1 aliphatic rings. The van der Waals surface area contributed by atoms with Crippen LogP contribution in [0.5, 0.6) is 0 Å². The van der Waals surface area contributed by atoms with E-state index < -0.39 is 0 Å². The van der Waals surface area contributed by atoms with Gasteiger partial charge in [-0.15, -0.1) is 11.3 Å². The Labute approximate surface area is 102 Å². The van der Waals surface area contributed by atoms with E-state index in [0.717, 1.165) is 25.7 Å². The highest BCUT2D eigenvalue weighted by molar-refractivity contribution is 7.11. The minimum atomic E-state index is 0.820. The van der Waals surface area contributed by atoms with Gasteiger partial charge < -0.3 is 5.32 Å². The fraction of sp³-hybridized carbons (Fsp3) is 0.750. The summed E-state index contributed by atoms with van der Waals surface area (Å²) in [6.07, 6.45) is 2.74. The van der Waals surface area contributed by atoms with Crippen LogP contribution in [0.4, 0.5) is 0 Å². The van der Waals surface area contributed by atoms with Gasteiger partial charge >= 0.3 is 0 Å². The SMILES string of the molecule is Cc1nc(C)c(CN(C)CCNC2CC2)s1. The standard InChI is InChI=1S/C12H21N3S/c1-9-12(16-10(2)14-9)8-15(3)7-6-13-11-4-5-11/h11,13H,4-8H2,1-3H3. The van der Waals surface area contributed by atoms with Crippen LogP contribution in [0.15, 0.2) is 0 Å². The van der Waals surface area contributed by atoms with E-state index >= 15 is 0 Å². The molecule has 0 spiro atoms. The lowest BCUT2D eigenvalue weighted by Gasteiger charge is -2.16. The Kier molecular flexibility index (Phi) is 3.95. The number of nitrogens with zero attached hydrogens (tertiary/aromatic N) is 2. The van der Waals surface area contributed by atoms with E-state index in [9.17, 15) is 0 Å². The summed E-state index contributed by atoms with van der Waals surface area (Å²) >= 11 is 1.82. The van der Waals surface area contributed by atoms with Crippen molar-refractivity contribution in [2.24, 2.45) is 0 Å². The fourth-order valence-corrected chi connectivity index (χ4v) is 2.81. The summed E-state index contributed by atoms with van der Waals surface area (Å²) in [7, 11) is 2.18. The fourth-order valence-electron chi connectivity index (χ4n) is 1.79. The zero-order chi connectivity index (χ0) is 11.5. The molecule has 0 unspecified atom stereocenters. The molecule has 16 heavy (non-hydrogen) atoms. The molecule has 0 bridgehead atoms. The zero-order valence-corrected chi connectivity index (χ0v) is 11.2. The molecule has 4 heteroatoms. The van der Waals surface area contributed by atoms with E-state index in [2.05, 4.69) is 36.1 Å². The average Bonchev–Trinajstić information content (AvgIpc) is 2.95. The summed E-state index contributed by atoms with van der Waals surface area (Å²) in [4.78, 5) is 8.24. The third kappa shape index (κ3) is 3.54. The first-order valence-corrected chi connectivity index (χ1v) is 6.81. The second-order valence-corrected chi connectivity index (χ2v) is 6.00. The molecule has 0 amide bonds. The van der Waals surface area contributed by atoms with Gasteiger partial charge in [-0.25, -0.2) is 4.98 Å². The highest BCUT2D eigenvalue weighted by Crippen LogP contribution is 2.19. The molecule has 1 aromatic heterocycles. The van der Waals surface area contributed by atoms with Crippen LogP contribution in [0, 0.1) is 13.8 Å². The van der Waals surface area contributed by atoms with Crippen LogP contribution in [0.3, 0.4) is 0 Å². The van der Waals surface area contributed by atoms with Crippen LogP contribution < -0.4 is 5.32 Å². The van der Waals surface area contributed by atoms with Gasteiger partial charge in [0, 0.05) is 30.6 Å². The molecule has 0 saturated heterocycles. The van der Waals surface area contributed by atoms with Crippen LogP contribution in [0.2, 0.25) is 0 Å². The number of thiazole rings is 1. The van der Waals surface area contributed by atoms with Crippen molar-refractivity contribution in [1.29, 1.82) is 0 Å². The van der Waals surface area contributed by atoms with Crippen LogP contribution >= 0.6 is 11.3 Å². The molecule has 1 heterocycles. The first kappa shape index (κ1) is 12.0. The highest BCUT2D eigenvalue weighted by Gasteiger charge is 2.19. The van der Waals surface area contributed by atoms with E-state index in [1.165, 1.54) is 28.4 Å². The van der Waals surface area contributed by atoms with Gasteiger partial charge in [0.1, 0.15) is 0 Å². The summed E-state index contributed by atoms with van der Waals surface area (Å²) in [5.41, 5.74) is 1.20. The van der Waals surface area contributed by atoms with Crippen molar-refractivity contribution < 1.29 is 0 Å². The molecular formula is C12H21N3S. The molecule has 0 atom stereocenters. The summed E-state index contributed by atoms with van der Waals surface area (Å²) < 4.78 is 0. The van der Waals surface area contributed by atoms with E-state index in [1.807, 2.05) is 11.3 Å². The monoisotopic (exact) mass is 239 g/mol. The number of rotatable bonds is 6. The smallest absolute Gasteiger partial charge is 0.0900 e. The Morgan fingerprint density at radius 3 is 2.75 bits per heavy atom. The van der Waals surface area contributed by atoms with Crippen molar-refractivity contribution in [2.45, 2.75) is 39.3 Å². The molecule has 1 saturated carbocycles. The summed E-state index contributed by atoms with van der Waals surface area (Å²) in [5.74, 6) is 0. The topological polar surface area (TPSA) is 28.2 Å². The number of nitrogens with one attached hydrogen (secondary N) is 1. The molecule has 1 aromatic rings. The molecule has 0 aliphatic heterocycles. The number of likely N-dealkylation sites (N-methyl/N-ethyl adjacent to an activating group) is 1. The molecule has 90 valence electrons. The maximum Gasteiger partial charge on any atom is 0.0900 e. The van der Waals surface area contributed by atoms with Crippen LogP contribution in [0.1, 0.15) is 28.4 Å². The van der Waals surface area contributed by atoms with Crippen LogP contribution in [-0.2, 0) is 6.54 Å². The Morgan fingerprint density at radius 1 is 1.44 bits per heavy atom. The predicted octanol–water partition coefficient (Wildman–Crippen LogP) is 1.94. The van der Waals surface area contributed by atoms with Gasteiger partial charge in [-0.2, -0.15) is 0 Å². The third-order valence-electron chi connectivity index (χ3n) is 2.92. The average molecular weight is 239 g/mol. The molecule has 2 rings (SSSR count). The van der Waals surface area contributed by atoms with E-state index in [-0.39, 0.29) is 0 Å². The number of aromatic nitrogens is 1. The third-order valence-corrected chi connectivity index (χ3v) is 3.97. The Hall–Kier alpha value is -0.450. The minimum absolute atomic E-state index is 0.820. The lowest BCUT2D eigenvalue weighted by Crippen LogP contribution is -2.29. The molecule has 1 fully saturated rings. The van der Waals surface area contributed by atoms with Crippen molar-refractivity contribution in [3.8, 4) is 0 Å². The highest BCUT2D eigenvalue weighted by atomic mass is 32.1. The lowest BCUT2D eigenvalue weighted by atomic mass is 10.3. The Bertz CT molecular complexity index is 344. The van der Waals surface area contributed by atoms with Crippen molar-refractivity contribution in [1.82, 2.24) is 15.2 Å². The van der Waals surface area contributed by atoms with Gasteiger partial charge in [-0.05, 0) is 33.7 Å². The van der Waals surface area contributed by atoms with E-state index in [0.29, 0.717) is 0 Å². The summed E-state index contributed by atoms with van der Waals surface area (Å²) in [6, 6.07) is 0.820. The molecule has 0 aromatic carbocycles. The lowest BCUT2D eigenvalue weighted by molar-refractivity contribution is 0.326. The Balaban J connectivity index is 1.72. The predicted molar refractivity (Wildman–Crippen MR) is 68.9 cm³/mol. The van der Waals surface area contributed by atoms with Gasteiger partial charge in [0.05, 0.1) is 10.7 Å². The van der Waals surface area contributed by atoms with Gasteiger partial charge in [0.2, 0.25) is 0 Å². The van der Waals surface area contributed by atoms with E-state index in [1.54, 1.807) is 0 Å². The maximum atomic E-state index is 4.46. The van der Waals surface area contributed by atoms with Crippen molar-refractivity contribution in [3.63, 3.8) is 0 Å². The number of aryl methyl sites for hydroxylation is 2. The first-order valence-electron chi connectivity index (χ1n) is 6.00. The quantitative estimate of drug-likeness (QED) is 0.822. The van der Waals surface area contributed by atoms with Gasteiger partial charge in [0.25, 0.3) is 0 Å². The Morgan fingerprint density at radius 2 is 2.19 bits per heavy atom. The van der Waals surface area contributed by atoms with Crippen LogP contribution in [-0.4, -0.2) is 36.1 Å². The summed E-state index contributed by atoms with van der Waals surface area (Å²) in [5, 5.41) is 4.72. The zero-order valence-electron chi connectivity index (χ0n) is 10.4. The molecule has 1 N–H and O–H groups in total. The van der Waals surface area contributed by atoms with E-state index in [4.69, 9.17) is 0 Å². The van der Waals surface area contributed by atoms with Gasteiger partial charge in [0.15, 0.2) is 0 Å². The van der Waals surface area contributed by atoms with Crippen LogP contribution in [0.25, 0.3) is 0 Å². The number of hydrogen-bond acceptors (Lipinski definition) is 4. The molecule has 1 aliphatic carbocycles. The van der Waals surface area contributed by atoms with Crippen molar-refractivity contribution >= 4 is 11.3 Å². The largest absolute Gasteiger partial charge is 0.313 e.